The SMILES string of the molecule is CC(C)C[C@H]1ON(C(=O)/C=C/c2ccccn2)[C@H]2CN(C3CCN(C)CC3)C(=O)[C@H](CC(C)C)N2C1=O. The van der Waals surface area contributed by atoms with Crippen molar-refractivity contribution in [3.8, 4) is 0 Å². The van der Waals surface area contributed by atoms with Crippen molar-refractivity contribution in [2.75, 3.05) is 26.7 Å². The minimum Gasteiger partial charge on any atom is -0.334 e. The molecule has 3 fully saturated rings. The topological polar surface area (TPSA) is 86.3 Å². The lowest BCUT2D eigenvalue weighted by Crippen LogP contribution is -2.74. The van der Waals surface area contributed by atoms with Gasteiger partial charge in [0.2, 0.25) is 5.91 Å². The molecule has 4 rings (SSSR count). The number of nitrogens with zero attached hydrogens (tertiary/aromatic N) is 5. The summed E-state index contributed by atoms with van der Waals surface area (Å²) in [6.45, 7) is 10.2. The van der Waals surface area contributed by atoms with Crippen LogP contribution in [0, 0.1) is 11.8 Å². The first kappa shape index (κ1) is 27.3. The van der Waals surface area contributed by atoms with Crippen LogP contribution in [0.15, 0.2) is 30.5 Å². The van der Waals surface area contributed by atoms with E-state index in [1.807, 2.05) is 36.9 Å². The fourth-order valence-corrected chi connectivity index (χ4v) is 5.55. The lowest BCUT2D eigenvalue weighted by atomic mass is 9.93. The summed E-state index contributed by atoms with van der Waals surface area (Å²) in [6.07, 6.45) is 6.06. The average Bonchev–Trinajstić information content (AvgIpc) is 2.86. The number of pyridine rings is 1. The second-order valence-electron chi connectivity index (χ2n) is 11.4. The Balaban J connectivity index is 1.68. The molecule has 3 amide bonds. The molecule has 0 saturated carbocycles. The van der Waals surface area contributed by atoms with E-state index in [2.05, 4.69) is 30.8 Å². The Hall–Kier alpha value is -2.78. The van der Waals surface area contributed by atoms with E-state index in [4.69, 9.17) is 4.84 Å². The molecular weight excluding hydrogens is 470 g/mol. The number of carbonyl (C=O) groups is 3. The van der Waals surface area contributed by atoms with Crippen molar-refractivity contribution in [3.05, 3.63) is 36.2 Å². The molecule has 9 heteroatoms. The quantitative estimate of drug-likeness (QED) is 0.524. The molecule has 0 aliphatic carbocycles. The van der Waals surface area contributed by atoms with Crippen molar-refractivity contribution in [3.63, 3.8) is 0 Å². The van der Waals surface area contributed by atoms with Crippen molar-refractivity contribution < 1.29 is 19.2 Å². The number of piperazine rings is 1. The second kappa shape index (κ2) is 11.7. The zero-order chi connectivity index (χ0) is 26.7. The summed E-state index contributed by atoms with van der Waals surface area (Å²) in [5.41, 5.74) is 0.656. The van der Waals surface area contributed by atoms with E-state index >= 15 is 0 Å². The summed E-state index contributed by atoms with van der Waals surface area (Å²) in [5, 5.41) is 1.34. The van der Waals surface area contributed by atoms with E-state index in [9.17, 15) is 14.4 Å². The Kier molecular flexibility index (Phi) is 8.64. The Morgan fingerprint density at radius 3 is 2.41 bits per heavy atom. The first-order valence-corrected chi connectivity index (χ1v) is 13.6. The number of likely N-dealkylation sites (tertiary alicyclic amines) is 1. The van der Waals surface area contributed by atoms with Crippen LogP contribution in [0.1, 0.15) is 59.1 Å². The largest absolute Gasteiger partial charge is 0.334 e. The fraction of sp³-hybridized carbons (Fsp3) is 0.643. The van der Waals surface area contributed by atoms with Gasteiger partial charge in [-0.2, -0.15) is 5.06 Å². The third kappa shape index (κ3) is 6.21. The maximum atomic E-state index is 13.9. The van der Waals surface area contributed by atoms with Crippen molar-refractivity contribution in [2.24, 2.45) is 11.8 Å². The predicted octanol–water partition coefficient (Wildman–Crippen LogP) is 2.79. The molecule has 3 aliphatic heterocycles. The van der Waals surface area contributed by atoms with Gasteiger partial charge in [0.1, 0.15) is 6.04 Å². The summed E-state index contributed by atoms with van der Waals surface area (Å²) < 4.78 is 0. The van der Waals surface area contributed by atoms with Crippen LogP contribution in [0.3, 0.4) is 0 Å². The molecule has 0 spiro atoms. The van der Waals surface area contributed by atoms with E-state index in [0.717, 1.165) is 25.9 Å². The molecule has 0 N–H and O–H groups in total. The molecule has 1 aromatic heterocycles. The number of fused-ring (bicyclic) bond motifs is 1. The van der Waals surface area contributed by atoms with Gasteiger partial charge in [-0.25, -0.2) is 0 Å². The number of aromatic nitrogens is 1. The molecule has 0 bridgehead atoms. The molecule has 1 aromatic rings. The monoisotopic (exact) mass is 511 g/mol. The van der Waals surface area contributed by atoms with Gasteiger partial charge in [0.25, 0.3) is 11.8 Å². The Labute approximate surface area is 220 Å². The molecule has 3 saturated heterocycles. The van der Waals surface area contributed by atoms with Crippen molar-refractivity contribution >= 4 is 23.8 Å². The first-order valence-electron chi connectivity index (χ1n) is 13.6. The van der Waals surface area contributed by atoms with Gasteiger partial charge in [0, 0.05) is 18.3 Å². The fourth-order valence-electron chi connectivity index (χ4n) is 5.55. The highest BCUT2D eigenvalue weighted by molar-refractivity contribution is 5.95. The van der Waals surface area contributed by atoms with Crippen LogP contribution in [0.25, 0.3) is 6.08 Å². The Morgan fingerprint density at radius 1 is 1.08 bits per heavy atom. The van der Waals surface area contributed by atoms with E-state index in [-0.39, 0.29) is 42.1 Å². The number of hydrogen-bond donors (Lipinski definition) is 0. The summed E-state index contributed by atoms with van der Waals surface area (Å²) >= 11 is 0. The lowest BCUT2D eigenvalue weighted by Gasteiger charge is -2.55. The molecule has 9 nitrogen and oxygen atoms in total. The minimum atomic E-state index is -0.805. The second-order valence-corrected chi connectivity index (χ2v) is 11.4. The van der Waals surface area contributed by atoms with Crippen LogP contribution in [0.2, 0.25) is 0 Å². The van der Waals surface area contributed by atoms with Gasteiger partial charge in [-0.15, -0.1) is 0 Å². The maximum Gasteiger partial charge on any atom is 0.272 e. The zero-order valence-corrected chi connectivity index (χ0v) is 22.7. The summed E-state index contributed by atoms with van der Waals surface area (Å²) in [7, 11) is 2.09. The Morgan fingerprint density at radius 2 is 1.78 bits per heavy atom. The zero-order valence-electron chi connectivity index (χ0n) is 22.7. The molecule has 0 aromatic carbocycles. The van der Waals surface area contributed by atoms with Crippen LogP contribution in [0.4, 0.5) is 0 Å². The molecule has 202 valence electrons. The van der Waals surface area contributed by atoms with Gasteiger partial charge in [0.15, 0.2) is 12.3 Å². The van der Waals surface area contributed by atoms with Crippen molar-refractivity contribution in [1.29, 1.82) is 0 Å². The molecule has 0 unspecified atom stereocenters. The summed E-state index contributed by atoms with van der Waals surface area (Å²) in [5.74, 6) is -0.165. The van der Waals surface area contributed by atoms with E-state index in [1.165, 1.54) is 11.1 Å². The third-order valence-electron chi connectivity index (χ3n) is 7.44. The highest BCUT2D eigenvalue weighted by atomic mass is 16.7. The Bertz CT molecular complexity index is 990. The van der Waals surface area contributed by atoms with Gasteiger partial charge < -0.3 is 14.7 Å². The molecule has 3 aliphatic rings. The number of piperidine rings is 1. The standard InChI is InChI=1S/C28H41N5O4/c1-19(2)16-23-27(35)31(22-11-14-30(5)15-12-22)18-25-32(23)28(36)24(17-20(3)4)37-33(25)26(34)10-9-21-8-6-7-13-29-21/h6-10,13,19-20,22-25H,11-12,14-18H2,1-5H3/b10-9+/t23-,24+,25-/m0/s1. The highest BCUT2D eigenvalue weighted by Crippen LogP contribution is 2.34. The predicted molar refractivity (Wildman–Crippen MR) is 141 cm³/mol. The van der Waals surface area contributed by atoms with Crippen LogP contribution in [0.5, 0.6) is 0 Å². The molecule has 37 heavy (non-hydrogen) atoms. The van der Waals surface area contributed by atoms with Crippen LogP contribution in [-0.4, -0.2) is 93.5 Å². The number of rotatable bonds is 7. The van der Waals surface area contributed by atoms with E-state index in [1.54, 1.807) is 17.2 Å². The minimum absolute atomic E-state index is 0.00511. The van der Waals surface area contributed by atoms with Crippen LogP contribution < -0.4 is 0 Å². The summed E-state index contributed by atoms with van der Waals surface area (Å²) in [6, 6.07) is 4.97. The number of hydrogen-bond acceptors (Lipinski definition) is 6. The maximum absolute atomic E-state index is 13.9. The van der Waals surface area contributed by atoms with Crippen LogP contribution >= 0.6 is 0 Å². The summed E-state index contributed by atoms with van der Waals surface area (Å²) in [4.78, 5) is 57.5. The van der Waals surface area contributed by atoms with Crippen molar-refractivity contribution in [2.45, 2.75) is 77.7 Å². The number of hydroxylamine groups is 2. The number of carbonyl (C=O) groups excluding carboxylic acids is 3. The molecule has 4 heterocycles. The average molecular weight is 512 g/mol. The van der Waals surface area contributed by atoms with Gasteiger partial charge in [-0.3, -0.25) is 24.2 Å². The van der Waals surface area contributed by atoms with Crippen LogP contribution in [-0.2, 0) is 19.2 Å². The van der Waals surface area contributed by atoms with Crippen molar-refractivity contribution in [1.82, 2.24) is 24.7 Å². The van der Waals surface area contributed by atoms with Gasteiger partial charge in [0.05, 0.1) is 12.2 Å². The first-order chi connectivity index (χ1) is 17.7. The molecule has 0 radical (unpaired) electrons. The smallest absolute Gasteiger partial charge is 0.272 e. The highest BCUT2D eigenvalue weighted by Gasteiger charge is 2.53. The lowest BCUT2D eigenvalue weighted by molar-refractivity contribution is -0.275. The van der Waals surface area contributed by atoms with Gasteiger partial charge >= 0.3 is 0 Å². The van der Waals surface area contributed by atoms with Gasteiger partial charge in [-0.05, 0) is 75.9 Å². The molecular formula is C28H41N5O4. The van der Waals surface area contributed by atoms with E-state index in [0.29, 0.717) is 18.5 Å². The normalized spacial score (nSPS) is 26.0. The number of amides is 3. The molecule has 3 atom stereocenters. The van der Waals surface area contributed by atoms with Gasteiger partial charge in [-0.1, -0.05) is 33.8 Å². The third-order valence-corrected chi connectivity index (χ3v) is 7.44. The van der Waals surface area contributed by atoms with E-state index < -0.39 is 18.3 Å².